The molecule has 2 heteroatoms. The molecular formula is C11H12O2. The molecule has 0 aliphatic carbocycles. The molecule has 2 atom stereocenters. The zero-order valence-electron chi connectivity index (χ0n) is 7.57. The lowest BCUT2D eigenvalue weighted by atomic mass is 9.90. The van der Waals surface area contributed by atoms with E-state index in [2.05, 4.69) is 0 Å². The molecule has 0 bridgehead atoms. The zero-order valence-corrected chi connectivity index (χ0v) is 7.57. The second kappa shape index (κ2) is 3.21. The molecule has 1 fully saturated rings. The first-order valence-corrected chi connectivity index (χ1v) is 4.50. The van der Waals surface area contributed by atoms with Crippen LogP contribution < -0.4 is 0 Å². The minimum absolute atomic E-state index is 0.0544. The third-order valence-electron chi connectivity index (χ3n) is 2.47. The van der Waals surface area contributed by atoms with Crippen molar-refractivity contribution < 1.29 is 9.53 Å². The van der Waals surface area contributed by atoms with Crippen molar-refractivity contribution in [2.75, 3.05) is 6.61 Å². The molecule has 1 aliphatic heterocycles. The van der Waals surface area contributed by atoms with Gasteiger partial charge in [0.2, 0.25) is 0 Å². The lowest BCUT2D eigenvalue weighted by Gasteiger charge is -2.09. The fraction of sp³-hybridized carbons (Fsp3) is 0.364. The van der Waals surface area contributed by atoms with Crippen LogP contribution in [0.3, 0.4) is 0 Å². The Labute approximate surface area is 77.5 Å². The molecule has 13 heavy (non-hydrogen) atoms. The summed E-state index contributed by atoms with van der Waals surface area (Å²) < 4.78 is 4.99. The highest BCUT2D eigenvalue weighted by molar-refractivity contribution is 5.80. The van der Waals surface area contributed by atoms with E-state index in [-0.39, 0.29) is 11.9 Å². The zero-order chi connectivity index (χ0) is 9.26. The van der Waals surface area contributed by atoms with Crippen LogP contribution in [0.1, 0.15) is 18.4 Å². The number of cyclic esters (lactones) is 1. The van der Waals surface area contributed by atoms with Crippen LogP contribution in [0.4, 0.5) is 0 Å². The van der Waals surface area contributed by atoms with Crippen molar-refractivity contribution >= 4 is 5.97 Å². The highest BCUT2D eigenvalue weighted by Crippen LogP contribution is 2.31. The van der Waals surface area contributed by atoms with E-state index in [1.165, 1.54) is 0 Å². The summed E-state index contributed by atoms with van der Waals surface area (Å²) >= 11 is 0. The molecule has 1 saturated heterocycles. The van der Waals surface area contributed by atoms with Gasteiger partial charge in [0.15, 0.2) is 0 Å². The number of rotatable bonds is 1. The Balaban J connectivity index is 2.30. The Hall–Kier alpha value is -1.31. The smallest absolute Gasteiger partial charge is 0.313 e. The Morgan fingerprint density at radius 3 is 2.54 bits per heavy atom. The SMILES string of the molecule is C[C@H]1COC(=O)[C@H]1c1ccccc1. The van der Waals surface area contributed by atoms with Crippen LogP contribution in [0.25, 0.3) is 0 Å². The molecule has 1 heterocycles. The molecule has 2 nitrogen and oxygen atoms in total. The van der Waals surface area contributed by atoms with Gasteiger partial charge in [-0.2, -0.15) is 0 Å². The number of carbonyl (C=O) groups excluding carboxylic acids is 1. The Bertz CT molecular complexity index is 305. The van der Waals surface area contributed by atoms with Crippen molar-refractivity contribution in [2.24, 2.45) is 5.92 Å². The first-order chi connectivity index (χ1) is 6.29. The van der Waals surface area contributed by atoms with Gasteiger partial charge in [0, 0.05) is 5.92 Å². The maximum atomic E-state index is 11.4. The molecular weight excluding hydrogens is 164 g/mol. The Morgan fingerprint density at radius 1 is 1.31 bits per heavy atom. The van der Waals surface area contributed by atoms with E-state index < -0.39 is 0 Å². The van der Waals surface area contributed by atoms with Crippen LogP contribution in [0.15, 0.2) is 30.3 Å². The number of hydrogen-bond donors (Lipinski definition) is 0. The van der Waals surface area contributed by atoms with Gasteiger partial charge in [-0.15, -0.1) is 0 Å². The second-order valence-corrected chi connectivity index (χ2v) is 3.50. The summed E-state index contributed by atoms with van der Waals surface area (Å²) in [4.78, 5) is 11.4. The van der Waals surface area contributed by atoms with Crippen molar-refractivity contribution in [3.05, 3.63) is 35.9 Å². The lowest BCUT2D eigenvalue weighted by Crippen LogP contribution is -2.10. The van der Waals surface area contributed by atoms with E-state index in [0.29, 0.717) is 12.5 Å². The number of benzene rings is 1. The minimum Gasteiger partial charge on any atom is -0.465 e. The Kier molecular flexibility index (Phi) is 2.05. The topological polar surface area (TPSA) is 26.3 Å². The molecule has 0 radical (unpaired) electrons. The van der Waals surface area contributed by atoms with Gasteiger partial charge in [0.05, 0.1) is 12.5 Å². The molecule has 1 aromatic carbocycles. The molecule has 0 unspecified atom stereocenters. The van der Waals surface area contributed by atoms with Gasteiger partial charge in [-0.1, -0.05) is 37.3 Å². The van der Waals surface area contributed by atoms with Crippen molar-refractivity contribution in [1.82, 2.24) is 0 Å². The molecule has 0 N–H and O–H groups in total. The molecule has 0 aromatic heterocycles. The second-order valence-electron chi connectivity index (χ2n) is 3.50. The van der Waals surface area contributed by atoms with Gasteiger partial charge < -0.3 is 4.74 Å². The average molecular weight is 176 g/mol. The molecule has 1 aliphatic rings. The van der Waals surface area contributed by atoms with E-state index in [0.717, 1.165) is 5.56 Å². The van der Waals surface area contributed by atoms with Gasteiger partial charge in [-0.05, 0) is 5.56 Å². The quantitative estimate of drug-likeness (QED) is 0.611. The van der Waals surface area contributed by atoms with Crippen LogP contribution in [-0.2, 0) is 9.53 Å². The summed E-state index contributed by atoms with van der Waals surface area (Å²) in [6, 6.07) is 9.82. The first kappa shape index (κ1) is 8.30. The number of ether oxygens (including phenoxy) is 1. The van der Waals surface area contributed by atoms with Crippen LogP contribution in [0, 0.1) is 5.92 Å². The van der Waals surface area contributed by atoms with Crippen LogP contribution in [-0.4, -0.2) is 12.6 Å². The predicted octanol–water partition coefficient (Wildman–Crippen LogP) is 1.96. The predicted molar refractivity (Wildman–Crippen MR) is 49.3 cm³/mol. The maximum Gasteiger partial charge on any atom is 0.313 e. The third-order valence-corrected chi connectivity index (χ3v) is 2.47. The maximum absolute atomic E-state index is 11.4. The van der Waals surface area contributed by atoms with E-state index in [1.807, 2.05) is 37.3 Å². The summed E-state index contributed by atoms with van der Waals surface area (Å²) in [7, 11) is 0. The molecule has 0 saturated carbocycles. The van der Waals surface area contributed by atoms with Crippen LogP contribution in [0.2, 0.25) is 0 Å². The van der Waals surface area contributed by atoms with Gasteiger partial charge in [0.25, 0.3) is 0 Å². The molecule has 0 amide bonds. The molecule has 0 spiro atoms. The molecule has 2 rings (SSSR count). The van der Waals surface area contributed by atoms with Gasteiger partial charge in [-0.25, -0.2) is 0 Å². The fourth-order valence-electron chi connectivity index (χ4n) is 1.76. The standard InChI is InChI=1S/C11H12O2/c1-8-7-13-11(12)10(8)9-5-3-2-4-6-9/h2-6,8,10H,7H2,1H3/t8-,10+/m0/s1. The van der Waals surface area contributed by atoms with Crippen molar-refractivity contribution in [3.63, 3.8) is 0 Å². The summed E-state index contributed by atoms with van der Waals surface area (Å²) in [6.45, 7) is 2.60. The highest BCUT2D eigenvalue weighted by Gasteiger charge is 2.34. The number of carbonyl (C=O) groups is 1. The number of esters is 1. The van der Waals surface area contributed by atoms with Crippen molar-refractivity contribution in [2.45, 2.75) is 12.8 Å². The molecule has 68 valence electrons. The minimum atomic E-state index is -0.0845. The summed E-state index contributed by atoms with van der Waals surface area (Å²) in [5.74, 6) is 0.162. The highest BCUT2D eigenvalue weighted by atomic mass is 16.5. The average Bonchev–Trinajstić information content (AvgIpc) is 2.48. The van der Waals surface area contributed by atoms with Crippen LogP contribution in [0.5, 0.6) is 0 Å². The fourth-order valence-corrected chi connectivity index (χ4v) is 1.76. The first-order valence-electron chi connectivity index (χ1n) is 4.50. The van der Waals surface area contributed by atoms with Gasteiger partial charge >= 0.3 is 5.97 Å². The monoisotopic (exact) mass is 176 g/mol. The van der Waals surface area contributed by atoms with Crippen molar-refractivity contribution in [1.29, 1.82) is 0 Å². The number of hydrogen-bond acceptors (Lipinski definition) is 2. The van der Waals surface area contributed by atoms with E-state index in [4.69, 9.17) is 4.74 Å². The van der Waals surface area contributed by atoms with E-state index >= 15 is 0 Å². The summed E-state index contributed by atoms with van der Waals surface area (Å²) in [6.07, 6.45) is 0. The van der Waals surface area contributed by atoms with Gasteiger partial charge in [0.1, 0.15) is 0 Å². The molecule has 1 aromatic rings. The Morgan fingerprint density at radius 2 is 2.00 bits per heavy atom. The summed E-state index contributed by atoms with van der Waals surface area (Å²) in [5.41, 5.74) is 1.07. The lowest BCUT2D eigenvalue weighted by molar-refractivity contribution is -0.139. The normalized spacial score (nSPS) is 27.3. The van der Waals surface area contributed by atoms with E-state index in [9.17, 15) is 4.79 Å². The van der Waals surface area contributed by atoms with Crippen molar-refractivity contribution in [3.8, 4) is 0 Å². The van der Waals surface area contributed by atoms with E-state index in [1.54, 1.807) is 0 Å². The summed E-state index contributed by atoms with van der Waals surface area (Å²) in [5, 5.41) is 0. The van der Waals surface area contributed by atoms with Gasteiger partial charge in [-0.3, -0.25) is 4.79 Å². The largest absolute Gasteiger partial charge is 0.465 e. The third kappa shape index (κ3) is 1.44. The van der Waals surface area contributed by atoms with Crippen LogP contribution >= 0.6 is 0 Å².